The fourth-order valence-corrected chi connectivity index (χ4v) is 3.24. The van der Waals surface area contributed by atoms with Gasteiger partial charge in [-0.3, -0.25) is 4.79 Å². The molecule has 5 nitrogen and oxygen atoms in total. The van der Waals surface area contributed by atoms with E-state index in [4.69, 9.17) is 27.9 Å². The van der Waals surface area contributed by atoms with E-state index in [0.29, 0.717) is 21.1 Å². The van der Waals surface area contributed by atoms with Crippen LogP contribution in [0.3, 0.4) is 0 Å². The summed E-state index contributed by atoms with van der Waals surface area (Å²) in [4.78, 5) is 29.1. The number of pyridine rings is 1. The first-order chi connectivity index (χ1) is 13.0. The van der Waals surface area contributed by atoms with Crippen molar-refractivity contribution >= 4 is 46.0 Å². The highest BCUT2D eigenvalue weighted by Gasteiger charge is 2.25. The second-order valence-corrected chi connectivity index (χ2v) is 6.66. The minimum Gasteiger partial charge on any atom is -0.467 e. The number of nitrogens with zero attached hydrogens (tertiary/aromatic N) is 1. The normalized spacial score (nSPS) is 11.8. The number of hydrogen-bond acceptors (Lipinski definition) is 4. The maximum Gasteiger partial charge on any atom is 0.328 e. The molecule has 1 N–H and O–H groups in total. The predicted octanol–water partition coefficient (Wildman–Crippen LogP) is 4.06. The summed E-state index contributed by atoms with van der Waals surface area (Å²) in [7, 11) is 1.25. The largest absolute Gasteiger partial charge is 0.467 e. The molecule has 1 amide bonds. The number of nitrogens with one attached hydrogen (secondary N) is 1. The first-order valence-electron chi connectivity index (χ1n) is 8.17. The number of ether oxygens (including phenoxy) is 1. The molecule has 0 unspecified atom stereocenters. The van der Waals surface area contributed by atoms with E-state index in [2.05, 4.69) is 10.3 Å². The molecule has 1 atom stereocenters. The lowest BCUT2D eigenvalue weighted by atomic mass is 10.1. The monoisotopic (exact) mass is 402 g/mol. The molecular formula is C20H16Cl2N2O3. The molecule has 27 heavy (non-hydrogen) atoms. The fourth-order valence-electron chi connectivity index (χ4n) is 2.69. The topological polar surface area (TPSA) is 68.3 Å². The Labute approximate surface area is 166 Å². The molecule has 0 aliphatic rings. The Bertz CT molecular complexity index is 987. The lowest BCUT2D eigenvalue weighted by Crippen LogP contribution is -2.43. The fraction of sp³-hybridized carbons (Fsp3) is 0.150. The Hall–Kier alpha value is -2.63. The van der Waals surface area contributed by atoms with Gasteiger partial charge in [-0.1, -0.05) is 53.5 Å². The molecule has 0 bridgehead atoms. The van der Waals surface area contributed by atoms with Gasteiger partial charge in [-0.2, -0.15) is 0 Å². The quantitative estimate of drug-likeness (QED) is 0.653. The summed E-state index contributed by atoms with van der Waals surface area (Å²) in [6.07, 6.45) is 0.102. The number of halogens is 2. The Morgan fingerprint density at radius 1 is 1.04 bits per heavy atom. The Balaban J connectivity index is 1.85. The third-order valence-corrected chi connectivity index (χ3v) is 4.80. The number of carbonyl (C=O) groups is 2. The number of methoxy groups -OCH3 is 1. The van der Waals surface area contributed by atoms with Gasteiger partial charge in [-0.25, -0.2) is 9.78 Å². The van der Waals surface area contributed by atoms with Crippen molar-refractivity contribution in [1.29, 1.82) is 0 Å². The van der Waals surface area contributed by atoms with Gasteiger partial charge < -0.3 is 10.1 Å². The molecular weight excluding hydrogens is 387 g/mol. The molecule has 0 aliphatic carbocycles. The van der Waals surface area contributed by atoms with Crippen LogP contribution in [-0.2, 0) is 16.0 Å². The standard InChI is InChI=1S/C20H16Cl2N2O3/c1-27-20(26)18(11-13-14(21)6-4-7-15(13)22)24-19(25)17-10-9-12-5-2-3-8-16(12)23-17/h2-10,18H,11H2,1H3,(H,24,25)/t18-/m1/s1. The zero-order valence-electron chi connectivity index (χ0n) is 14.4. The molecule has 2 aromatic carbocycles. The molecule has 0 saturated carbocycles. The Morgan fingerprint density at radius 3 is 2.44 bits per heavy atom. The van der Waals surface area contributed by atoms with Crippen LogP contribution < -0.4 is 5.32 Å². The van der Waals surface area contributed by atoms with Crippen molar-refractivity contribution in [3.8, 4) is 0 Å². The number of para-hydroxylation sites is 1. The van der Waals surface area contributed by atoms with Crippen LogP contribution in [0.2, 0.25) is 10.0 Å². The van der Waals surface area contributed by atoms with E-state index in [1.165, 1.54) is 7.11 Å². The molecule has 1 aromatic heterocycles. The number of amides is 1. The van der Waals surface area contributed by atoms with Gasteiger partial charge in [0.05, 0.1) is 12.6 Å². The van der Waals surface area contributed by atoms with Crippen molar-refractivity contribution in [3.63, 3.8) is 0 Å². The molecule has 3 rings (SSSR count). The summed E-state index contributed by atoms with van der Waals surface area (Å²) < 4.78 is 4.81. The summed E-state index contributed by atoms with van der Waals surface area (Å²) >= 11 is 12.4. The van der Waals surface area contributed by atoms with E-state index in [1.54, 1.807) is 30.3 Å². The second-order valence-electron chi connectivity index (χ2n) is 5.84. The van der Waals surface area contributed by atoms with Crippen LogP contribution in [0.1, 0.15) is 16.1 Å². The van der Waals surface area contributed by atoms with Crippen molar-refractivity contribution in [2.45, 2.75) is 12.5 Å². The molecule has 0 saturated heterocycles. The number of aromatic nitrogens is 1. The van der Waals surface area contributed by atoms with Crippen LogP contribution >= 0.6 is 23.2 Å². The van der Waals surface area contributed by atoms with Gasteiger partial charge in [-0.15, -0.1) is 0 Å². The van der Waals surface area contributed by atoms with Gasteiger partial charge in [0.15, 0.2) is 0 Å². The minimum absolute atomic E-state index is 0.102. The van der Waals surface area contributed by atoms with Crippen molar-refractivity contribution in [3.05, 3.63) is 75.9 Å². The lowest BCUT2D eigenvalue weighted by molar-refractivity contribution is -0.142. The van der Waals surface area contributed by atoms with E-state index in [1.807, 2.05) is 24.3 Å². The zero-order chi connectivity index (χ0) is 19.4. The lowest BCUT2D eigenvalue weighted by Gasteiger charge is -2.18. The maximum atomic E-state index is 12.6. The van der Waals surface area contributed by atoms with E-state index in [-0.39, 0.29) is 12.1 Å². The summed E-state index contributed by atoms with van der Waals surface area (Å²) in [5.41, 5.74) is 1.45. The van der Waals surface area contributed by atoms with Crippen molar-refractivity contribution < 1.29 is 14.3 Å². The van der Waals surface area contributed by atoms with Crippen LogP contribution in [0.15, 0.2) is 54.6 Å². The first-order valence-corrected chi connectivity index (χ1v) is 8.92. The van der Waals surface area contributed by atoms with Crippen LogP contribution in [0.5, 0.6) is 0 Å². The van der Waals surface area contributed by atoms with E-state index < -0.39 is 17.9 Å². The second kappa shape index (κ2) is 8.37. The maximum absolute atomic E-state index is 12.6. The van der Waals surface area contributed by atoms with Gasteiger partial charge in [-0.05, 0) is 29.8 Å². The van der Waals surface area contributed by atoms with E-state index >= 15 is 0 Å². The van der Waals surface area contributed by atoms with Gasteiger partial charge in [0.1, 0.15) is 11.7 Å². The van der Waals surface area contributed by atoms with Gasteiger partial charge in [0.2, 0.25) is 0 Å². The van der Waals surface area contributed by atoms with Crippen LogP contribution in [0, 0.1) is 0 Å². The average Bonchev–Trinajstić information content (AvgIpc) is 2.68. The SMILES string of the molecule is COC(=O)[C@@H](Cc1c(Cl)cccc1Cl)NC(=O)c1ccc2ccccc2n1. The molecule has 1 heterocycles. The number of esters is 1. The summed E-state index contributed by atoms with van der Waals surface area (Å²) in [5.74, 6) is -1.08. The Kier molecular flexibility index (Phi) is 5.94. The van der Waals surface area contributed by atoms with Gasteiger partial charge in [0, 0.05) is 21.9 Å². The van der Waals surface area contributed by atoms with Crippen LogP contribution in [0.4, 0.5) is 0 Å². The Morgan fingerprint density at radius 2 is 1.74 bits per heavy atom. The first kappa shape index (κ1) is 19.1. The number of rotatable bonds is 5. The van der Waals surface area contributed by atoms with E-state index in [9.17, 15) is 9.59 Å². The zero-order valence-corrected chi connectivity index (χ0v) is 15.9. The predicted molar refractivity (Wildman–Crippen MR) is 105 cm³/mol. The molecule has 0 radical (unpaired) electrons. The highest BCUT2D eigenvalue weighted by atomic mass is 35.5. The number of fused-ring (bicyclic) bond motifs is 1. The van der Waals surface area contributed by atoms with Gasteiger partial charge in [0.25, 0.3) is 5.91 Å². The molecule has 0 spiro atoms. The summed E-state index contributed by atoms with van der Waals surface area (Å²) in [6.45, 7) is 0. The minimum atomic E-state index is -0.951. The number of hydrogen-bond donors (Lipinski definition) is 1. The van der Waals surface area contributed by atoms with Gasteiger partial charge >= 0.3 is 5.97 Å². The van der Waals surface area contributed by atoms with Crippen LogP contribution in [-0.4, -0.2) is 30.0 Å². The number of carbonyl (C=O) groups excluding carboxylic acids is 2. The summed E-state index contributed by atoms with van der Waals surface area (Å²) in [5, 5.41) is 4.40. The molecule has 0 fully saturated rings. The van der Waals surface area contributed by atoms with Crippen molar-refractivity contribution in [1.82, 2.24) is 10.3 Å². The number of benzene rings is 2. The molecule has 3 aromatic rings. The van der Waals surface area contributed by atoms with Crippen molar-refractivity contribution in [2.24, 2.45) is 0 Å². The average molecular weight is 403 g/mol. The third kappa shape index (κ3) is 4.38. The summed E-state index contributed by atoms with van der Waals surface area (Å²) in [6, 6.07) is 15.0. The molecule has 0 aliphatic heterocycles. The third-order valence-electron chi connectivity index (χ3n) is 4.09. The van der Waals surface area contributed by atoms with Crippen molar-refractivity contribution in [2.75, 3.05) is 7.11 Å². The highest BCUT2D eigenvalue weighted by Crippen LogP contribution is 2.26. The molecule has 7 heteroatoms. The van der Waals surface area contributed by atoms with E-state index in [0.717, 1.165) is 5.39 Å². The van der Waals surface area contributed by atoms with Crippen LogP contribution in [0.25, 0.3) is 10.9 Å². The highest BCUT2D eigenvalue weighted by molar-refractivity contribution is 6.36. The smallest absolute Gasteiger partial charge is 0.328 e. The molecule has 138 valence electrons.